The third kappa shape index (κ3) is 2.71. The van der Waals surface area contributed by atoms with Crippen molar-refractivity contribution in [3.05, 3.63) is 24.5 Å². The summed E-state index contributed by atoms with van der Waals surface area (Å²) in [6.45, 7) is 2.87. The number of nitrogens with zero attached hydrogens (tertiary/aromatic N) is 1. The lowest BCUT2D eigenvalue weighted by Gasteiger charge is -2.35. The molecule has 88 valence electrons. The third-order valence-corrected chi connectivity index (χ3v) is 3.17. The number of rotatable bonds is 4. The molecular weight excluding hydrogens is 204 g/mol. The van der Waals surface area contributed by atoms with Crippen LogP contribution in [0.15, 0.2) is 24.5 Å². The second-order valence-corrected chi connectivity index (χ2v) is 4.29. The minimum atomic E-state index is 0.0775. The van der Waals surface area contributed by atoms with Gasteiger partial charge in [-0.15, -0.1) is 0 Å². The number of nitrogens with two attached hydrogens (primary N) is 1. The summed E-state index contributed by atoms with van der Waals surface area (Å²) in [5.74, 6) is 0.807. The highest BCUT2D eigenvalue weighted by Gasteiger charge is 2.32. The maximum atomic E-state index is 5.85. The van der Waals surface area contributed by atoms with Crippen LogP contribution in [-0.2, 0) is 4.74 Å². The molecule has 1 aromatic rings. The molecule has 0 atom stereocenters. The van der Waals surface area contributed by atoms with Gasteiger partial charge in [0.25, 0.3) is 0 Å². The summed E-state index contributed by atoms with van der Waals surface area (Å²) in [5.41, 5.74) is 5.93. The van der Waals surface area contributed by atoms with Crippen LogP contribution in [0.5, 0.6) is 5.75 Å². The highest BCUT2D eigenvalue weighted by molar-refractivity contribution is 5.15. The zero-order chi connectivity index (χ0) is 11.3. The van der Waals surface area contributed by atoms with Crippen LogP contribution >= 0.6 is 0 Å². The Morgan fingerprint density at radius 1 is 1.44 bits per heavy atom. The van der Waals surface area contributed by atoms with E-state index in [-0.39, 0.29) is 5.41 Å². The van der Waals surface area contributed by atoms with Gasteiger partial charge in [0, 0.05) is 31.4 Å². The van der Waals surface area contributed by atoms with Crippen LogP contribution in [0, 0.1) is 5.41 Å². The monoisotopic (exact) mass is 222 g/mol. The van der Waals surface area contributed by atoms with Crippen molar-refractivity contribution >= 4 is 0 Å². The second kappa shape index (κ2) is 5.27. The molecule has 1 aliphatic rings. The van der Waals surface area contributed by atoms with Crippen molar-refractivity contribution < 1.29 is 9.47 Å². The Kier molecular flexibility index (Phi) is 3.74. The summed E-state index contributed by atoms with van der Waals surface area (Å²) in [7, 11) is 0. The highest BCUT2D eigenvalue weighted by Crippen LogP contribution is 2.29. The predicted molar refractivity (Wildman–Crippen MR) is 61.3 cm³/mol. The Morgan fingerprint density at radius 2 is 2.25 bits per heavy atom. The van der Waals surface area contributed by atoms with Crippen LogP contribution in [-0.4, -0.2) is 31.3 Å². The first-order valence-electron chi connectivity index (χ1n) is 5.65. The quantitative estimate of drug-likeness (QED) is 0.832. The molecule has 1 aromatic heterocycles. The lowest BCUT2D eigenvalue weighted by atomic mass is 9.81. The van der Waals surface area contributed by atoms with Crippen molar-refractivity contribution in [2.24, 2.45) is 11.1 Å². The summed E-state index contributed by atoms with van der Waals surface area (Å²) in [4.78, 5) is 4.02. The Hall–Kier alpha value is -1.13. The first-order valence-corrected chi connectivity index (χ1v) is 5.65. The van der Waals surface area contributed by atoms with Gasteiger partial charge in [0.15, 0.2) is 0 Å². The Bertz CT molecular complexity index is 310. The van der Waals surface area contributed by atoms with Gasteiger partial charge < -0.3 is 15.2 Å². The van der Waals surface area contributed by atoms with Gasteiger partial charge in [-0.1, -0.05) is 0 Å². The zero-order valence-electron chi connectivity index (χ0n) is 9.39. The largest absolute Gasteiger partial charge is 0.491 e. The fraction of sp³-hybridized carbons (Fsp3) is 0.583. The molecule has 0 spiro atoms. The van der Waals surface area contributed by atoms with Gasteiger partial charge in [-0.05, 0) is 25.0 Å². The molecule has 0 bridgehead atoms. The molecule has 0 saturated carbocycles. The average molecular weight is 222 g/mol. The molecule has 0 unspecified atom stereocenters. The summed E-state index contributed by atoms with van der Waals surface area (Å²) >= 11 is 0. The number of ether oxygens (including phenoxy) is 2. The molecule has 4 heteroatoms. The third-order valence-electron chi connectivity index (χ3n) is 3.17. The molecule has 0 aromatic carbocycles. The maximum absolute atomic E-state index is 5.85. The highest BCUT2D eigenvalue weighted by atomic mass is 16.5. The van der Waals surface area contributed by atoms with E-state index in [2.05, 4.69) is 4.98 Å². The normalized spacial score (nSPS) is 19.3. The maximum Gasteiger partial charge on any atom is 0.137 e. The molecule has 2 rings (SSSR count). The van der Waals surface area contributed by atoms with Crippen molar-refractivity contribution in [1.29, 1.82) is 0 Å². The van der Waals surface area contributed by atoms with Crippen molar-refractivity contribution in [1.82, 2.24) is 4.98 Å². The van der Waals surface area contributed by atoms with E-state index in [1.54, 1.807) is 12.4 Å². The molecule has 2 heterocycles. The number of pyridine rings is 1. The number of aromatic nitrogens is 1. The summed E-state index contributed by atoms with van der Waals surface area (Å²) < 4.78 is 11.1. The van der Waals surface area contributed by atoms with E-state index in [0.717, 1.165) is 31.8 Å². The van der Waals surface area contributed by atoms with Gasteiger partial charge in [0.2, 0.25) is 0 Å². The van der Waals surface area contributed by atoms with Crippen LogP contribution in [0.3, 0.4) is 0 Å². The summed E-state index contributed by atoms with van der Waals surface area (Å²) in [5, 5.41) is 0. The van der Waals surface area contributed by atoms with Crippen molar-refractivity contribution in [3.8, 4) is 5.75 Å². The minimum Gasteiger partial charge on any atom is -0.491 e. The van der Waals surface area contributed by atoms with Crippen molar-refractivity contribution in [2.45, 2.75) is 12.8 Å². The number of hydrogen-bond donors (Lipinski definition) is 1. The van der Waals surface area contributed by atoms with Crippen LogP contribution < -0.4 is 10.5 Å². The summed E-state index contributed by atoms with van der Waals surface area (Å²) in [6, 6.07) is 3.78. The van der Waals surface area contributed by atoms with Crippen molar-refractivity contribution in [2.75, 3.05) is 26.4 Å². The summed E-state index contributed by atoms with van der Waals surface area (Å²) in [6.07, 6.45) is 5.41. The first-order chi connectivity index (χ1) is 7.85. The van der Waals surface area contributed by atoms with Gasteiger partial charge in [0.05, 0.1) is 12.8 Å². The second-order valence-electron chi connectivity index (χ2n) is 4.29. The molecular formula is C12H18N2O2. The smallest absolute Gasteiger partial charge is 0.137 e. The van der Waals surface area contributed by atoms with Gasteiger partial charge in [-0.3, -0.25) is 4.98 Å². The van der Waals surface area contributed by atoms with Gasteiger partial charge in [-0.25, -0.2) is 0 Å². The van der Waals surface area contributed by atoms with Crippen LogP contribution in [0.1, 0.15) is 12.8 Å². The van der Waals surface area contributed by atoms with E-state index >= 15 is 0 Å². The average Bonchev–Trinajstić information content (AvgIpc) is 2.39. The molecule has 0 amide bonds. The molecule has 2 N–H and O–H groups in total. The molecule has 16 heavy (non-hydrogen) atoms. The molecule has 1 saturated heterocycles. The van der Waals surface area contributed by atoms with Crippen LogP contribution in [0.25, 0.3) is 0 Å². The van der Waals surface area contributed by atoms with Gasteiger partial charge in [-0.2, -0.15) is 0 Å². The number of hydrogen-bond acceptors (Lipinski definition) is 4. The Morgan fingerprint density at radius 3 is 2.88 bits per heavy atom. The van der Waals surface area contributed by atoms with E-state index in [4.69, 9.17) is 15.2 Å². The SMILES string of the molecule is NCC1(COc2cccnc2)CCOCC1. The van der Waals surface area contributed by atoms with E-state index in [9.17, 15) is 0 Å². The standard InChI is InChI=1S/C12H18N2O2/c13-9-12(3-6-15-7-4-12)10-16-11-2-1-5-14-8-11/h1-2,5,8H,3-4,6-7,9-10,13H2. The lowest BCUT2D eigenvalue weighted by Crippen LogP contribution is -2.41. The van der Waals surface area contributed by atoms with E-state index in [0.29, 0.717) is 13.2 Å². The molecule has 1 fully saturated rings. The minimum absolute atomic E-state index is 0.0775. The van der Waals surface area contributed by atoms with Crippen LogP contribution in [0.4, 0.5) is 0 Å². The zero-order valence-corrected chi connectivity index (χ0v) is 9.39. The molecule has 4 nitrogen and oxygen atoms in total. The van der Waals surface area contributed by atoms with Gasteiger partial charge in [0.1, 0.15) is 5.75 Å². The molecule has 0 radical (unpaired) electrons. The first kappa shape index (κ1) is 11.4. The van der Waals surface area contributed by atoms with E-state index < -0.39 is 0 Å². The Balaban J connectivity index is 1.92. The van der Waals surface area contributed by atoms with Gasteiger partial charge >= 0.3 is 0 Å². The lowest BCUT2D eigenvalue weighted by molar-refractivity contribution is -0.00505. The van der Waals surface area contributed by atoms with E-state index in [1.807, 2.05) is 12.1 Å². The van der Waals surface area contributed by atoms with Crippen molar-refractivity contribution in [3.63, 3.8) is 0 Å². The fourth-order valence-electron chi connectivity index (χ4n) is 1.88. The molecule has 1 aliphatic heterocycles. The Labute approximate surface area is 95.8 Å². The topological polar surface area (TPSA) is 57.4 Å². The fourth-order valence-corrected chi connectivity index (χ4v) is 1.88. The molecule has 0 aliphatic carbocycles. The predicted octanol–water partition coefficient (Wildman–Crippen LogP) is 1.22. The van der Waals surface area contributed by atoms with E-state index in [1.165, 1.54) is 0 Å². The van der Waals surface area contributed by atoms with Crippen LogP contribution in [0.2, 0.25) is 0 Å².